The Morgan fingerprint density at radius 2 is 1.83 bits per heavy atom. The Hall–Kier alpha value is -1.44. The molecule has 8 heteroatoms. The topological polar surface area (TPSA) is 61.8 Å². The molecule has 0 saturated heterocycles. The maximum atomic E-state index is 12.6. The summed E-state index contributed by atoms with van der Waals surface area (Å²) >= 11 is 9.16. The normalized spacial score (nSPS) is 11.1. The van der Waals surface area contributed by atoms with E-state index < -0.39 is 10.1 Å². The first kappa shape index (κ1) is 17.9. The van der Waals surface area contributed by atoms with Gasteiger partial charge in [0.1, 0.15) is 0 Å². The van der Waals surface area contributed by atoms with Gasteiger partial charge in [-0.1, -0.05) is 23.7 Å². The summed E-state index contributed by atoms with van der Waals surface area (Å²) in [5.41, 5.74) is 0. The fraction of sp³-hybridized carbons (Fsp3) is 0.200. The zero-order valence-electron chi connectivity index (χ0n) is 12.4. The first-order valence-electron chi connectivity index (χ1n) is 6.58. The van der Waals surface area contributed by atoms with Gasteiger partial charge in [0.25, 0.3) is 0 Å². The average molecular weight is 422 g/mol. The van der Waals surface area contributed by atoms with Gasteiger partial charge in [0.2, 0.25) is 0 Å². The second kappa shape index (κ2) is 7.42. The highest BCUT2D eigenvalue weighted by molar-refractivity contribution is 9.10. The molecule has 0 amide bonds. The van der Waals surface area contributed by atoms with Gasteiger partial charge in [-0.05, 0) is 47.1 Å². The van der Waals surface area contributed by atoms with Gasteiger partial charge in [0, 0.05) is 5.02 Å². The fourth-order valence-corrected chi connectivity index (χ4v) is 4.20. The van der Waals surface area contributed by atoms with Gasteiger partial charge in [-0.15, -0.1) is 0 Å². The quantitative estimate of drug-likeness (QED) is 0.652. The number of methoxy groups -OCH3 is 1. The van der Waals surface area contributed by atoms with Crippen molar-refractivity contribution in [2.24, 2.45) is 0 Å². The molecule has 124 valence electrons. The van der Waals surface area contributed by atoms with Crippen molar-refractivity contribution in [3.8, 4) is 17.2 Å². The van der Waals surface area contributed by atoms with Crippen LogP contribution in [0, 0.1) is 0 Å². The summed E-state index contributed by atoms with van der Waals surface area (Å²) in [6.45, 7) is 2.18. The zero-order valence-corrected chi connectivity index (χ0v) is 15.5. The van der Waals surface area contributed by atoms with Gasteiger partial charge in [-0.2, -0.15) is 8.42 Å². The first-order valence-corrected chi connectivity index (χ1v) is 9.16. The predicted molar refractivity (Wildman–Crippen MR) is 91.1 cm³/mol. The van der Waals surface area contributed by atoms with Crippen molar-refractivity contribution >= 4 is 37.6 Å². The highest BCUT2D eigenvalue weighted by Gasteiger charge is 2.26. The molecule has 0 aromatic heterocycles. The Labute approximate surface area is 148 Å². The largest absolute Gasteiger partial charge is 0.494 e. The van der Waals surface area contributed by atoms with Gasteiger partial charge in [0.05, 0.1) is 18.2 Å². The molecule has 0 radical (unpaired) electrons. The van der Waals surface area contributed by atoms with Crippen molar-refractivity contribution in [2.45, 2.75) is 11.8 Å². The lowest BCUT2D eigenvalue weighted by atomic mass is 10.3. The second-order valence-corrected chi connectivity index (χ2v) is 7.14. The summed E-state index contributed by atoms with van der Waals surface area (Å²) in [5, 5.41) is 0.234. The van der Waals surface area contributed by atoms with E-state index in [4.69, 9.17) is 25.3 Å². The maximum absolute atomic E-state index is 12.6. The Balaban J connectivity index is 2.48. The molecule has 2 aromatic rings. The van der Waals surface area contributed by atoms with Crippen molar-refractivity contribution in [2.75, 3.05) is 13.7 Å². The van der Waals surface area contributed by atoms with Gasteiger partial charge in [0.15, 0.2) is 22.1 Å². The highest BCUT2D eigenvalue weighted by Crippen LogP contribution is 2.37. The smallest absolute Gasteiger partial charge is 0.343 e. The molecule has 0 aliphatic heterocycles. The van der Waals surface area contributed by atoms with Crippen LogP contribution in [-0.2, 0) is 10.1 Å². The molecule has 0 bridgehead atoms. The number of benzene rings is 2. The van der Waals surface area contributed by atoms with Crippen molar-refractivity contribution in [1.29, 1.82) is 0 Å². The molecule has 0 heterocycles. The minimum atomic E-state index is -4.16. The summed E-state index contributed by atoms with van der Waals surface area (Å²) in [6, 6.07) is 9.31. The Morgan fingerprint density at radius 3 is 2.43 bits per heavy atom. The fourth-order valence-electron chi connectivity index (χ4n) is 1.88. The number of halogens is 2. The minimum absolute atomic E-state index is 0.0903. The van der Waals surface area contributed by atoms with Crippen LogP contribution >= 0.6 is 27.5 Å². The van der Waals surface area contributed by atoms with Crippen LogP contribution in [0.15, 0.2) is 45.8 Å². The summed E-state index contributed by atoms with van der Waals surface area (Å²) in [5.74, 6) is 0.537. The van der Waals surface area contributed by atoms with E-state index in [1.165, 1.54) is 25.3 Å². The van der Waals surface area contributed by atoms with Crippen LogP contribution in [0.3, 0.4) is 0 Å². The van der Waals surface area contributed by atoms with Gasteiger partial charge >= 0.3 is 10.1 Å². The van der Waals surface area contributed by atoms with E-state index in [9.17, 15) is 8.42 Å². The van der Waals surface area contributed by atoms with E-state index in [2.05, 4.69) is 15.9 Å². The number of rotatable bonds is 6. The summed E-state index contributed by atoms with van der Waals surface area (Å²) in [7, 11) is -2.80. The molecule has 0 spiro atoms. The minimum Gasteiger partial charge on any atom is -0.494 e. The third kappa shape index (κ3) is 4.10. The Bertz CT molecular complexity index is 808. The lowest BCUT2D eigenvalue weighted by molar-refractivity contribution is 0.327. The highest BCUT2D eigenvalue weighted by atomic mass is 79.9. The van der Waals surface area contributed by atoms with E-state index in [1.54, 1.807) is 25.1 Å². The second-order valence-electron chi connectivity index (χ2n) is 4.34. The molecule has 23 heavy (non-hydrogen) atoms. The molecule has 2 rings (SSSR count). The maximum Gasteiger partial charge on any atom is 0.343 e. The van der Waals surface area contributed by atoms with E-state index in [1.807, 2.05) is 0 Å². The zero-order chi connectivity index (χ0) is 17.0. The number of para-hydroxylation sites is 2. The number of hydrogen-bond acceptors (Lipinski definition) is 5. The SMILES string of the molecule is CCOc1ccccc1OS(=O)(=O)c1cc(Cl)cc(Br)c1OC. The van der Waals surface area contributed by atoms with E-state index >= 15 is 0 Å². The Morgan fingerprint density at radius 1 is 1.17 bits per heavy atom. The summed E-state index contributed by atoms with van der Waals surface area (Å²) in [4.78, 5) is -0.175. The lowest BCUT2D eigenvalue weighted by Crippen LogP contribution is -2.12. The van der Waals surface area contributed by atoms with Crippen molar-refractivity contribution in [1.82, 2.24) is 0 Å². The molecular weight excluding hydrogens is 408 g/mol. The first-order chi connectivity index (χ1) is 10.9. The van der Waals surface area contributed by atoms with Gasteiger partial charge in [-0.25, -0.2) is 0 Å². The molecule has 0 saturated carbocycles. The molecule has 2 aromatic carbocycles. The molecular formula is C15H14BrClO5S. The van der Waals surface area contributed by atoms with Crippen molar-refractivity contribution < 1.29 is 22.1 Å². The van der Waals surface area contributed by atoms with E-state index in [-0.39, 0.29) is 21.4 Å². The van der Waals surface area contributed by atoms with Crippen LogP contribution in [-0.4, -0.2) is 22.1 Å². The van der Waals surface area contributed by atoms with Crippen LogP contribution < -0.4 is 13.7 Å². The molecule has 0 unspecified atom stereocenters. The molecule has 0 aliphatic carbocycles. The van der Waals surface area contributed by atoms with Crippen LogP contribution in [0.5, 0.6) is 17.2 Å². The lowest BCUT2D eigenvalue weighted by Gasteiger charge is -2.14. The van der Waals surface area contributed by atoms with Gasteiger partial charge in [-0.3, -0.25) is 0 Å². The monoisotopic (exact) mass is 420 g/mol. The molecule has 0 fully saturated rings. The summed E-state index contributed by atoms with van der Waals surface area (Å²) in [6.07, 6.45) is 0. The van der Waals surface area contributed by atoms with Crippen LogP contribution in [0.2, 0.25) is 5.02 Å². The number of ether oxygens (including phenoxy) is 2. The van der Waals surface area contributed by atoms with Crippen molar-refractivity contribution in [3.63, 3.8) is 0 Å². The summed E-state index contributed by atoms with van der Waals surface area (Å²) < 4.78 is 41.3. The Kier molecular flexibility index (Phi) is 5.78. The van der Waals surface area contributed by atoms with Gasteiger partial charge < -0.3 is 13.7 Å². The standard InChI is InChI=1S/C15H14BrClO5S/c1-3-21-12-6-4-5-7-13(12)22-23(18,19)14-9-10(17)8-11(16)15(14)20-2/h4-9H,3H2,1-2H3. The number of hydrogen-bond donors (Lipinski definition) is 0. The molecule has 0 aliphatic rings. The third-order valence-corrected chi connectivity index (χ3v) is 4.84. The van der Waals surface area contributed by atoms with E-state index in [0.717, 1.165) is 0 Å². The predicted octanol–water partition coefficient (Wildman–Crippen LogP) is 4.28. The van der Waals surface area contributed by atoms with Crippen molar-refractivity contribution in [3.05, 3.63) is 45.9 Å². The van der Waals surface area contributed by atoms with Crippen LogP contribution in [0.1, 0.15) is 6.92 Å². The molecule has 0 N–H and O–H groups in total. The molecule has 5 nitrogen and oxygen atoms in total. The van der Waals surface area contributed by atoms with E-state index in [0.29, 0.717) is 16.8 Å². The third-order valence-electron chi connectivity index (χ3n) is 2.80. The van der Waals surface area contributed by atoms with Crippen LogP contribution in [0.25, 0.3) is 0 Å². The van der Waals surface area contributed by atoms with Crippen LogP contribution in [0.4, 0.5) is 0 Å². The molecule has 0 atom stereocenters. The average Bonchev–Trinajstić information content (AvgIpc) is 2.48.